The van der Waals surface area contributed by atoms with Crippen LogP contribution in [0.5, 0.6) is 17.2 Å². The standard InChI is InChI=1S/C16H22N2O3/c1-19-12-8-14(20-2)16(15(9-12)21-3)13(10-17)18-11-6-4-5-7-11/h8-9,11,13,18H,4-7H2,1-3H3. The minimum Gasteiger partial charge on any atom is -0.496 e. The van der Waals surface area contributed by atoms with Crippen molar-refractivity contribution in [3.63, 3.8) is 0 Å². The van der Waals surface area contributed by atoms with Crippen molar-refractivity contribution < 1.29 is 14.2 Å². The molecule has 0 aliphatic heterocycles. The Bertz CT molecular complexity index is 494. The molecule has 1 aliphatic rings. The van der Waals surface area contributed by atoms with E-state index in [1.807, 2.05) is 0 Å². The van der Waals surface area contributed by atoms with Crippen LogP contribution in [0.2, 0.25) is 0 Å². The molecule has 0 bridgehead atoms. The highest BCUT2D eigenvalue weighted by atomic mass is 16.5. The second kappa shape index (κ2) is 7.19. The van der Waals surface area contributed by atoms with Crippen molar-refractivity contribution in [2.24, 2.45) is 0 Å². The maximum absolute atomic E-state index is 9.55. The molecule has 1 aromatic rings. The largest absolute Gasteiger partial charge is 0.496 e. The zero-order valence-electron chi connectivity index (χ0n) is 12.8. The number of hydrogen-bond acceptors (Lipinski definition) is 5. The van der Waals surface area contributed by atoms with Gasteiger partial charge in [0, 0.05) is 18.2 Å². The number of nitriles is 1. The molecular weight excluding hydrogens is 268 g/mol. The van der Waals surface area contributed by atoms with Gasteiger partial charge in [-0.2, -0.15) is 5.26 Å². The van der Waals surface area contributed by atoms with Crippen molar-refractivity contribution in [2.75, 3.05) is 21.3 Å². The maximum Gasteiger partial charge on any atom is 0.132 e. The summed E-state index contributed by atoms with van der Waals surface area (Å²) in [5.74, 6) is 1.84. The smallest absolute Gasteiger partial charge is 0.132 e. The lowest BCUT2D eigenvalue weighted by atomic mass is 10.0. The molecule has 5 nitrogen and oxygen atoms in total. The summed E-state index contributed by atoms with van der Waals surface area (Å²) in [4.78, 5) is 0. The first-order chi connectivity index (χ1) is 10.2. The Morgan fingerprint density at radius 3 is 2.10 bits per heavy atom. The van der Waals surface area contributed by atoms with E-state index in [4.69, 9.17) is 14.2 Å². The normalized spacial score (nSPS) is 16.3. The number of ether oxygens (including phenoxy) is 3. The van der Waals surface area contributed by atoms with Gasteiger partial charge in [0.25, 0.3) is 0 Å². The summed E-state index contributed by atoms with van der Waals surface area (Å²) in [6.07, 6.45) is 4.65. The van der Waals surface area contributed by atoms with Gasteiger partial charge in [-0.1, -0.05) is 12.8 Å². The lowest BCUT2D eigenvalue weighted by molar-refractivity contribution is 0.360. The average Bonchev–Trinajstić information content (AvgIpc) is 3.04. The Kier molecular flexibility index (Phi) is 5.29. The highest BCUT2D eigenvalue weighted by Crippen LogP contribution is 2.38. The molecule has 1 atom stereocenters. The fourth-order valence-corrected chi connectivity index (χ4v) is 2.83. The Morgan fingerprint density at radius 1 is 1.10 bits per heavy atom. The first-order valence-electron chi connectivity index (χ1n) is 7.19. The van der Waals surface area contributed by atoms with E-state index in [-0.39, 0.29) is 0 Å². The van der Waals surface area contributed by atoms with Crippen LogP contribution >= 0.6 is 0 Å². The van der Waals surface area contributed by atoms with Crippen LogP contribution in [0.15, 0.2) is 12.1 Å². The molecule has 1 fully saturated rings. The van der Waals surface area contributed by atoms with Crippen LogP contribution in [0.4, 0.5) is 0 Å². The summed E-state index contributed by atoms with van der Waals surface area (Å²) in [5.41, 5.74) is 0.732. The van der Waals surface area contributed by atoms with E-state index in [0.29, 0.717) is 23.3 Å². The highest BCUT2D eigenvalue weighted by molar-refractivity contribution is 5.53. The van der Waals surface area contributed by atoms with Crippen molar-refractivity contribution in [3.05, 3.63) is 17.7 Å². The van der Waals surface area contributed by atoms with Crippen LogP contribution < -0.4 is 19.5 Å². The summed E-state index contributed by atoms with van der Waals surface area (Å²) in [6, 6.07) is 5.80. The lowest BCUT2D eigenvalue weighted by Gasteiger charge is -2.22. The van der Waals surface area contributed by atoms with Gasteiger partial charge in [-0.15, -0.1) is 0 Å². The number of hydrogen-bond donors (Lipinski definition) is 1. The summed E-state index contributed by atoms with van der Waals surface area (Å²) in [7, 11) is 4.76. The number of rotatable bonds is 6. The Morgan fingerprint density at radius 2 is 1.67 bits per heavy atom. The van der Waals surface area contributed by atoms with Gasteiger partial charge in [-0.3, -0.25) is 5.32 Å². The molecule has 2 rings (SSSR count). The van der Waals surface area contributed by atoms with Crippen LogP contribution in [0, 0.1) is 11.3 Å². The molecular formula is C16H22N2O3. The van der Waals surface area contributed by atoms with E-state index in [1.54, 1.807) is 33.5 Å². The molecule has 0 aromatic heterocycles. The highest BCUT2D eigenvalue weighted by Gasteiger charge is 2.26. The number of nitrogens with zero attached hydrogens (tertiary/aromatic N) is 1. The van der Waals surface area contributed by atoms with Crippen molar-refractivity contribution in [1.82, 2.24) is 5.32 Å². The molecule has 1 aromatic carbocycles. The molecule has 1 unspecified atom stereocenters. The second-order valence-corrected chi connectivity index (χ2v) is 5.16. The van der Waals surface area contributed by atoms with Crippen LogP contribution in [0.25, 0.3) is 0 Å². The van der Waals surface area contributed by atoms with Crippen molar-refractivity contribution in [3.8, 4) is 23.3 Å². The third-order valence-electron chi connectivity index (χ3n) is 3.93. The zero-order chi connectivity index (χ0) is 15.2. The van der Waals surface area contributed by atoms with E-state index >= 15 is 0 Å². The van der Waals surface area contributed by atoms with Gasteiger partial charge in [0.05, 0.1) is 33.0 Å². The predicted molar refractivity (Wildman–Crippen MR) is 79.8 cm³/mol. The second-order valence-electron chi connectivity index (χ2n) is 5.16. The molecule has 0 saturated heterocycles. The van der Waals surface area contributed by atoms with Gasteiger partial charge in [0.15, 0.2) is 0 Å². The number of nitrogens with one attached hydrogen (secondary N) is 1. The Balaban J connectivity index is 2.36. The van der Waals surface area contributed by atoms with Crippen molar-refractivity contribution in [2.45, 2.75) is 37.8 Å². The third kappa shape index (κ3) is 3.40. The minimum absolute atomic E-state index is 0.381. The maximum atomic E-state index is 9.55. The van der Waals surface area contributed by atoms with Gasteiger partial charge >= 0.3 is 0 Å². The first kappa shape index (κ1) is 15.5. The van der Waals surface area contributed by atoms with Gasteiger partial charge < -0.3 is 14.2 Å². The molecule has 1 N–H and O–H groups in total. The van der Waals surface area contributed by atoms with E-state index in [2.05, 4.69) is 11.4 Å². The zero-order valence-corrected chi connectivity index (χ0v) is 12.8. The van der Waals surface area contributed by atoms with Gasteiger partial charge in [-0.25, -0.2) is 0 Å². The van der Waals surface area contributed by atoms with Crippen LogP contribution in [0.1, 0.15) is 37.3 Å². The van der Waals surface area contributed by atoms with Crippen LogP contribution in [-0.2, 0) is 0 Å². The fraction of sp³-hybridized carbons (Fsp3) is 0.562. The van der Waals surface area contributed by atoms with Gasteiger partial charge in [0.1, 0.15) is 23.3 Å². The quantitative estimate of drug-likeness (QED) is 0.872. The van der Waals surface area contributed by atoms with Crippen molar-refractivity contribution >= 4 is 0 Å². The molecule has 1 aliphatic carbocycles. The Hall–Kier alpha value is -1.93. The molecule has 1 saturated carbocycles. The van der Waals surface area contributed by atoms with Gasteiger partial charge in [-0.05, 0) is 12.8 Å². The SMILES string of the molecule is COc1cc(OC)c(C(C#N)NC2CCCC2)c(OC)c1. The predicted octanol–water partition coefficient (Wildman–Crippen LogP) is 2.81. The summed E-state index contributed by atoms with van der Waals surface area (Å²) in [6.45, 7) is 0. The van der Waals surface area contributed by atoms with Crippen molar-refractivity contribution in [1.29, 1.82) is 5.26 Å². The average molecular weight is 290 g/mol. The summed E-state index contributed by atoms with van der Waals surface area (Å²) < 4.78 is 16.1. The first-order valence-corrected chi connectivity index (χ1v) is 7.19. The van der Waals surface area contributed by atoms with E-state index in [0.717, 1.165) is 18.4 Å². The van der Waals surface area contributed by atoms with Crippen LogP contribution in [0.3, 0.4) is 0 Å². The molecule has 0 radical (unpaired) electrons. The molecule has 0 heterocycles. The fourth-order valence-electron chi connectivity index (χ4n) is 2.83. The summed E-state index contributed by atoms with van der Waals surface area (Å²) in [5, 5.41) is 13.0. The molecule has 114 valence electrons. The minimum atomic E-state index is -0.455. The molecule has 0 spiro atoms. The molecule has 5 heteroatoms. The van der Waals surface area contributed by atoms with Gasteiger partial charge in [0.2, 0.25) is 0 Å². The third-order valence-corrected chi connectivity index (χ3v) is 3.93. The lowest BCUT2D eigenvalue weighted by Crippen LogP contribution is -2.30. The molecule has 21 heavy (non-hydrogen) atoms. The Labute approximate surface area is 125 Å². The number of benzene rings is 1. The van der Waals surface area contributed by atoms with E-state index < -0.39 is 6.04 Å². The van der Waals surface area contributed by atoms with Crippen LogP contribution in [-0.4, -0.2) is 27.4 Å². The molecule has 0 amide bonds. The monoisotopic (exact) mass is 290 g/mol. The van der Waals surface area contributed by atoms with E-state index in [9.17, 15) is 5.26 Å². The number of methoxy groups -OCH3 is 3. The summed E-state index contributed by atoms with van der Waals surface area (Å²) >= 11 is 0. The topological polar surface area (TPSA) is 63.5 Å². The van der Waals surface area contributed by atoms with E-state index in [1.165, 1.54) is 12.8 Å².